The van der Waals surface area contributed by atoms with Crippen LogP contribution in [0.1, 0.15) is 147 Å². The van der Waals surface area contributed by atoms with Gasteiger partial charge in [0.15, 0.2) is 0 Å². The summed E-state index contributed by atoms with van der Waals surface area (Å²) < 4.78 is 0. The summed E-state index contributed by atoms with van der Waals surface area (Å²) in [5.41, 5.74) is 0.550. The van der Waals surface area contributed by atoms with E-state index in [2.05, 4.69) is 79.5 Å². The Hall–Kier alpha value is -2.16. The van der Waals surface area contributed by atoms with E-state index in [0.29, 0.717) is 54.8 Å². The number of nitrogens with zero attached hydrogens (tertiary/aromatic N) is 3. The van der Waals surface area contributed by atoms with Gasteiger partial charge in [0.05, 0.1) is 0 Å². The van der Waals surface area contributed by atoms with Gasteiger partial charge in [-0.25, -0.2) is 0 Å². The number of rotatable bonds is 6. The van der Waals surface area contributed by atoms with E-state index in [1.807, 2.05) is 4.90 Å². The van der Waals surface area contributed by atoms with Crippen molar-refractivity contribution in [1.29, 1.82) is 0 Å². The lowest BCUT2D eigenvalue weighted by atomic mass is 9.73. The number of aliphatic carboxylic acids is 1. The van der Waals surface area contributed by atoms with Crippen LogP contribution in [0, 0.1) is 46.3 Å². The van der Waals surface area contributed by atoms with Gasteiger partial charge in [-0.15, -0.1) is 0 Å². The Balaban J connectivity index is 0.000000292. The van der Waals surface area contributed by atoms with Crippen LogP contribution in [0.5, 0.6) is 0 Å². The highest BCUT2D eigenvalue weighted by atomic mass is 16.4. The van der Waals surface area contributed by atoms with Gasteiger partial charge in [0.25, 0.3) is 0 Å². The topological polar surface area (TPSA) is 110 Å². The van der Waals surface area contributed by atoms with Gasteiger partial charge in [0.2, 0.25) is 17.7 Å². The molecule has 4 aliphatic rings. The van der Waals surface area contributed by atoms with E-state index in [1.165, 1.54) is 19.4 Å². The normalized spacial score (nSPS) is 25.5. The third-order valence-electron chi connectivity index (χ3n) is 12.4. The predicted octanol–water partition coefficient (Wildman–Crippen LogP) is 7.72. The van der Waals surface area contributed by atoms with Gasteiger partial charge in [-0.05, 0) is 104 Å². The van der Waals surface area contributed by atoms with E-state index in [-0.39, 0.29) is 29.6 Å². The fourth-order valence-electron chi connectivity index (χ4n) is 8.44. The fraction of sp³-hybridized carbons (Fsp3) is 0.905. The first-order valence-electron chi connectivity index (χ1n) is 20.4. The summed E-state index contributed by atoms with van der Waals surface area (Å²) >= 11 is 0. The lowest BCUT2D eigenvalue weighted by Gasteiger charge is -2.47. The van der Waals surface area contributed by atoms with Crippen LogP contribution < -0.4 is 5.32 Å². The number of carboxylic acid groups (broad SMARTS) is 1. The predicted molar refractivity (Wildman–Crippen MR) is 208 cm³/mol. The second-order valence-corrected chi connectivity index (χ2v) is 19.1. The van der Waals surface area contributed by atoms with Crippen molar-refractivity contribution in [3.8, 4) is 0 Å². The molecule has 3 amide bonds. The summed E-state index contributed by atoms with van der Waals surface area (Å²) in [5, 5.41) is 12.2. The Morgan fingerprint density at radius 2 is 1.10 bits per heavy atom. The molecule has 296 valence electrons. The molecular formula is C42H78N4O5. The van der Waals surface area contributed by atoms with Gasteiger partial charge in [0, 0.05) is 71.5 Å². The van der Waals surface area contributed by atoms with Crippen LogP contribution in [-0.2, 0) is 19.2 Å². The molecule has 9 heteroatoms. The van der Waals surface area contributed by atoms with Crippen molar-refractivity contribution in [2.45, 2.75) is 159 Å². The molecule has 0 aromatic carbocycles. The van der Waals surface area contributed by atoms with Crippen molar-refractivity contribution in [1.82, 2.24) is 20.0 Å². The molecule has 9 nitrogen and oxygen atoms in total. The summed E-state index contributed by atoms with van der Waals surface area (Å²) in [6, 6.07) is 1.06. The van der Waals surface area contributed by atoms with Gasteiger partial charge in [0.1, 0.15) is 0 Å². The maximum atomic E-state index is 13.1. The first kappa shape index (κ1) is 45.0. The van der Waals surface area contributed by atoms with Crippen LogP contribution in [0.3, 0.4) is 0 Å². The van der Waals surface area contributed by atoms with Crippen LogP contribution in [0.2, 0.25) is 0 Å². The van der Waals surface area contributed by atoms with Crippen LogP contribution in [0.25, 0.3) is 0 Å². The number of nitrogens with one attached hydrogen (secondary N) is 1. The summed E-state index contributed by atoms with van der Waals surface area (Å²) in [4.78, 5) is 51.7. The standard InChI is InChI=1S/C21H38N2O2.C12H25N.C9H15NO3/c1-15(2)18-9-12-23(19(14-18)21(4,5)6)20(25)13-17-7-10-22(11-8-17)16(3)24;1-9(2)10-6-7-13-11(8-10)12(3,4)5;1-7(11)10-4-2-8(3-5-10)6-9(12)13/h15,17-19H,7-14H2,1-6H3;9-11,13H,6-8H2,1-5H3;8H,2-6H2,1H3,(H,12,13). The Labute approximate surface area is 312 Å². The minimum Gasteiger partial charge on any atom is -0.481 e. The SMILES string of the molecule is CC(=O)N1CCC(CC(=O)N2CCC(C(C)C)CC2C(C)(C)C)CC1.CC(=O)N1CCC(CC(=O)O)CC1.CC(C)C1CCNC(C(C)(C)C)C1. The van der Waals surface area contributed by atoms with E-state index >= 15 is 0 Å². The second kappa shape index (κ2) is 20.3. The van der Waals surface area contributed by atoms with Crippen molar-refractivity contribution in [3.63, 3.8) is 0 Å². The zero-order valence-corrected chi connectivity index (χ0v) is 34.9. The van der Waals surface area contributed by atoms with Crippen LogP contribution in [0.4, 0.5) is 0 Å². The summed E-state index contributed by atoms with van der Waals surface area (Å²) in [6.45, 7) is 31.5. The number of piperidine rings is 4. The van der Waals surface area contributed by atoms with Crippen molar-refractivity contribution in [2.75, 3.05) is 39.3 Å². The third-order valence-corrected chi connectivity index (χ3v) is 12.4. The van der Waals surface area contributed by atoms with Gasteiger partial charge >= 0.3 is 5.97 Å². The molecule has 2 N–H and O–H groups in total. The molecule has 0 aromatic rings. The van der Waals surface area contributed by atoms with E-state index in [9.17, 15) is 19.2 Å². The zero-order valence-electron chi connectivity index (χ0n) is 34.9. The number of amides is 3. The minimum absolute atomic E-state index is 0.0915. The molecule has 0 spiro atoms. The molecule has 0 radical (unpaired) electrons. The number of hydrogen-bond acceptors (Lipinski definition) is 5. The molecule has 4 rings (SSSR count). The molecule has 4 aliphatic heterocycles. The van der Waals surface area contributed by atoms with E-state index in [0.717, 1.165) is 75.9 Å². The summed E-state index contributed by atoms with van der Waals surface area (Å²) in [6.07, 6.45) is 9.48. The number of hydrogen-bond donors (Lipinski definition) is 2. The quantitative estimate of drug-likeness (QED) is 0.291. The Bertz CT molecular complexity index is 1090. The first-order valence-corrected chi connectivity index (χ1v) is 20.4. The molecule has 4 atom stereocenters. The lowest BCUT2D eigenvalue weighted by Crippen LogP contribution is -2.53. The number of carbonyl (C=O) groups is 4. The Kier molecular flexibility index (Phi) is 17.9. The van der Waals surface area contributed by atoms with E-state index < -0.39 is 5.97 Å². The number of carboxylic acids is 1. The highest BCUT2D eigenvalue weighted by Gasteiger charge is 2.40. The average molecular weight is 719 g/mol. The highest BCUT2D eigenvalue weighted by Crippen LogP contribution is 2.38. The smallest absolute Gasteiger partial charge is 0.303 e. The Morgan fingerprint density at radius 3 is 1.49 bits per heavy atom. The largest absolute Gasteiger partial charge is 0.481 e. The van der Waals surface area contributed by atoms with Gasteiger partial charge in [-0.3, -0.25) is 19.2 Å². The van der Waals surface area contributed by atoms with Gasteiger partial charge < -0.3 is 25.1 Å². The highest BCUT2D eigenvalue weighted by molar-refractivity contribution is 5.77. The third kappa shape index (κ3) is 15.4. The molecule has 0 saturated carbocycles. The molecule has 0 bridgehead atoms. The molecule has 4 unspecified atom stereocenters. The van der Waals surface area contributed by atoms with Gasteiger partial charge in [-0.2, -0.15) is 0 Å². The molecule has 51 heavy (non-hydrogen) atoms. The monoisotopic (exact) mass is 719 g/mol. The number of likely N-dealkylation sites (tertiary alicyclic amines) is 3. The Morgan fingerprint density at radius 1 is 0.647 bits per heavy atom. The summed E-state index contributed by atoms with van der Waals surface area (Å²) in [7, 11) is 0. The second-order valence-electron chi connectivity index (χ2n) is 19.1. The van der Waals surface area contributed by atoms with Crippen LogP contribution >= 0.6 is 0 Å². The number of carbonyl (C=O) groups excluding carboxylic acids is 3. The van der Waals surface area contributed by atoms with Crippen molar-refractivity contribution >= 4 is 23.7 Å². The van der Waals surface area contributed by atoms with E-state index in [1.54, 1.807) is 18.7 Å². The van der Waals surface area contributed by atoms with Crippen molar-refractivity contribution < 1.29 is 24.3 Å². The molecular weight excluding hydrogens is 640 g/mol. The molecule has 0 aromatic heterocycles. The van der Waals surface area contributed by atoms with Crippen molar-refractivity contribution in [3.05, 3.63) is 0 Å². The maximum Gasteiger partial charge on any atom is 0.303 e. The minimum atomic E-state index is -0.735. The molecule has 0 aliphatic carbocycles. The fourth-order valence-corrected chi connectivity index (χ4v) is 8.44. The van der Waals surface area contributed by atoms with Crippen LogP contribution in [0.15, 0.2) is 0 Å². The van der Waals surface area contributed by atoms with Crippen molar-refractivity contribution in [2.24, 2.45) is 46.3 Å². The molecule has 4 saturated heterocycles. The summed E-state index contributed by atoms with van der Waals surface area (Å²) in [5.74, 6) is 3.76. The first-order chi connectivity index (χ1) is 23.6. The van der Waals surface area contributed by atoms with Gasteiger partial charge in [-0.1, -0.05) is 69.2 Å². The van der Waals surface area contributed by atoms with Crippen LogP contribution in [-0.4, -0.2) is 94.8 Å². The average Bonchev–Trinajstić information content (AvgIpc) is 3.04. The van der Waals surface area contributed by atoms with E-state index in [4.69, 9.17) is 5.11 Å². The lowest BCUT2D eigenvalue weighted by molar-refractivity contribution is -0.141. The zero-order chi connectivity index (χ0) is 38.7. The molecule has 4 heterocycles. The maximum absolute atomic E-state index is 13.1. The molecule has 4 fully saturated rings.